The summed E-state index contributed by atoms with van der Waals surface area (Å²) in [7, 11) is 1.94. The molecule has 0 bridgehead atoms. The fourth-order valence-corrected chi connectivity index (χ4v) is 4.34. The first kappa shape index (κ1) is 21.4. The normalized spacial score (nSPS) is 15.3. The van der Waals surface area contributed by atoms with Crippen molar-refractivity contribution in [1.82, 2.24) is 4.57 Å². The molecule has 0 radical (unpaired) electrons. The quantitative estimate of drug-likeness (QED) is 0.567. The van der Waals surface area contributed by atoms with E-state index >= 15 is 0 Å². The van der Waals surface area contributed by atoms with E-state index in [0.717, 1.165) is 23.3 Å². The van der Waals surface area contributed by atoms with Crippen molar-refractivity contribution in [2.45, 2.75) is 44.6 Å². The molecule has 0 saturated heterocycles. The van der Waals surface area contributed by atoms with Gasteiger partial charge in [0.25, 0.3) is 0 Å². The number of hydrogen-bond acceptors (Lipinski definition) is 7. The van der Waals surface area contributed by atoms with Crippen molar-refractivity contribution in [1.29, 1.82) is 0 Å². The Morgan fingerprint density at radius 1 is 1.21 bits per heavy atom. The monoisotopic (exact) mass is 421 g/mol. The van der Waals surface area contributed by atoms with Crippen LogP contribution >= 0.6 is 11.3 Å². The second-order valence-corrected chi connectivity index (χ2v) is 7.76. The number of rotatable bonds is 8. The molecule has 9 heteroatoms. The predicted octanol–water partition coefficient (Wildman–Crippen LogP) is 2.16. The number of nitrogens with one attached hydrogen (secondary N) is 1. The fourth-order valence-electron chi connectivity index (χ4n) is 3.37. The van der Waals surface area contributed by atoms with Gasteiger partial charge in [-0.05, 0) is 25.0 Å². The van der Waals surface area contributed by atoms with Gasteiger partial charge in [-0.15, -0.1) is 11.3 Å². The SMILES string of the molecule is Cn1c(CC(=O)Nc2ccc(OCO)c(OCO)c2)csc1=NC1CCCCC1. The van der Waals surface area contributed by atoms with E-state index in [-0.39, 0.29) is 23.8 Å². The Kier molecular flexibility index (Phi) is 7.68. The molecule has 1 saturated carbocycles. The molecule has 0 aliphatic heterocycles. The molecule has 1 amide bonds. The number of aliphatic hydroxyl groups excluding tert-OH is 2. The van der Waals surface area contributed by atoms with E-state index in [2.05, 4.69) is 5.32 Å². The molecule has 0 spiro atoms. The summed E-state index contributed by atoms with van der Waals surface area (Å²) < 4.78 is 12.1. The maximum Gasteiger partial charge on any atom is 0.230 e. The van der Waals surface area contributed by atoms with Crippen LogP contribution in [0.25, 0.3) is 0 Å². The Morgan fingerprint density at radius 3 is 2.66 bits per heavy atom. The van der Waals surface area contributed by atoms with Crippen molar-refractivity contribution in [3.05, 3.63) is 34.1 Å². The Labute approximate surface area is 173 Å². The van der Waals surface area contributed by atoms with Crippen molar-refractivity contribution in [2.75, 3.05) is 18.9 Å². The molecule has 0 unspecified atom stereocenters. The zero-order chi connectivity index (χ0) is 20.6. The average molecular weight is 422 g/mol. The number of amides is 1. The standard InChI is InChI=1S/C20H27N3O5S/c1-23-16(11-29-20(23)22-14-5-3-2-4-6-14)10-19(26)21-15-7-8-17(27-12-24)18(9-15)28-13-25/h7-9,11,14,24-25H,2-6,10,12-13H2,1H3,(H,21,26). The van der Waals surface area contributed by atoms with E-state index in [1.807, 2.05) is 17.0 Å². The van der Waals surface area contributed by atoms with Gasteiger partial charge < -0.3 is 29.6 Å². The second-order valence-electron chi connectivity index (χ2n) is 6.92. The van der Waals surface area contributed by atoms with Gasteiger partial charge in [-0.1, -0.05) is 19.3 Å². The molecule has 0 atom stereocenters. The van der Waals surface area contributed by atoms with Crippen LogP contribution in [0.4, 0.5) is 5.69 Å². The van der Waals surface area contributed by atoms with Gasteiger partial charge in [0.2, 0.25) is 5.91 Å². The maximum atomic E-state index is 12.5. The molecule has 1 aromatic heterocycles. The molecule has 8 nitrogen and oxygen atoms in total. The van der Waals surface area contributed by atoms with Crippen molar-refractivity contribution >= 4 is 22.9 Å². The van der Waals surface area contributed by atoms with E-state index < -0.39 is 13.6 Å². The van der Waals surface area contributed by atoms with Crippen LogP contribution in [0, 0.1) is 0 Å². The van der Waals surface area contributed by atoms with Crippen LogP contribution in [0.5, 0.6) is 11.5 Å². The van der Waals surface area contributed by atoms with E-state index in [0.29, 0.717) is 11.7 Å². The van der Waals surface area contributed by atoms with E-state index in [1.165, 1.54) is 25.3 Å². The van der Waals surface area contributed by atoms with Gasteiger partial charge in [0.15, 0.2) is 29.9 Å². The molecule has 1 aliphatic rings. The predicted molar refractivity (Wildman–Crippen MR) is 110 cm³/mol. The minimum absolute atomic E-state index is 0.173. The summed E-state index contributed by atoms with van der Waals surface area (Å²) >= 11 is 1.56. The van der Waals surface area contributed by atoms with Crippen molar-refractivity contribution < 1.29 is 24.5 Å². The van der Waals surface area contributed by atoms with Gasteiger partial charge in [-0.3, -0.25) is 9.79 Å². The number of aliphatic hydroxyl groups is 2. The van der Waals surface area contributed by atoms with Crippen molar-refractivity contribution in [2.24, 2.45) is 12.0 Å². The highest BCUT2D eigenvalue weighted by atomic mass is 32.1. The molecule has 29 heavy (non-hydrogen) atoms. The van der Waals surface area contributed by atoms with Gasteiger partial charge in [-0.2, -0.15) is 0 Å². The third kappa shape index (κ3) is 5.81. The highest BCUT2D eigenvalue weighted by Crippen LogP contribution is 2.30. The van der Waals surface area contributed by atoms with Crippen LogP contribution in [0.2, 0.25) is 0 Å². The molecule has 1 aromatic carbocycles. The van der Waals surface area contributed by atoms with E-state index in [1.54, 1.807) is 23.5 Å². The topological polar surface area (TPSA) is 105 Å². The first-order valence-electron chi connectivity index (χ1n) is 9.69. The van der Waals surface area contributed by atoms with Crippen molar-refractivity contribution in [3.63, 3.8) is 0 Å². The molecule has 3 N–H and O–H groups in total. The molecular weight excluding hydrogens is 394 g/mol. The lowest BCUT2D eigenvalue weighted by atomic mass is 9.96. The van der Waals surface area contributed by atoms with Crippen LogP contribution in [0.1, 0.15) is 37.8 Å². The maximum absolute atomic E-state index is 12.5. The second kappa shape index (κ2) is 10.4. The molecule has 158 valence electrons. The lowest BCUT2D eigenvalue weighted by molar-refractivity contribution is -0.115. The largest absolute Gasteiger partial charge is 0.464 e. The Morgan fingerprint density at radius 2 is 1.93 bits per heavy atom. The summed E-state index contributed by atoms with van der Waals surface area (Å²) in [5, 5.41) is 22.7. The number of carbonyl (C=O) groups excluding carboxylic acids is 1. The molecule has 2 aromatic rings. The number of hydrogen-bond donors (Lipinski definition) is 3. The first-order chi connectivity index (χ1) is 14.1. The highest BCUT2D eigenvalue weighted by Gasteiger charge is 2.14. The summed E-state index contributed by atoms with van der Waals surface area (Å²) in [6, 6.07) is 5.13. The smallest absolute Gasteiger partial charge is 0.230 e. The summed E-state index contributed by atoms with van der Waals surface area (Å²) in [6.45, 7) is -1.06. The summed E-state index contributed by atoms with van der Waals surface area (Å²) in [5.41, 5.74) is 1.41. The van der Waals surface area contributed by atoms with Gasteiger partial charge >= 0.3 is 0 Å². The van der Waals surface area contributed by atoms with E-state index in [4.69, 9.17) is 24.7 Å². The number of ether oxygens (including phenoxy) is 2. The van der Waals surface area contributed by atoms with Gasteiger partial charge in [-0.25, -0.2) is 0 Å². The zero-order valence-electron chi connectivity index (χ0n) is 16.5. The van der Waals surface area contributed by atoms with Crippen LogP contribution in [0.3, 0.4) is 0 Å². The third-order valence-electron chi connectivity index (χ3n) is 4.90. The molecule has 1 heterocycles. The van der Waals surface area contributed by atoms with Crippen LogP contribution in [-0.2, 0) is 18.3 Å². The number of carbonyl (C=O) groups is 1. The van der Waals surface area contributed by atoms with Crippen molar-refractivity contribution in [3.8, 4) is 11.5 Å². The van der Waals surface area contributed by atoms with Gasteiger partial charge in [0, 0.05) is 29.9 Å². The fraction of sp³-hybridized carbons (Fsp3) is 0.500. The number of anilines is 1. The zero-order valence-corrected chi connectivity index (χ0v) is 17.3. The summed E-state index contributed by atoms with van der Waals surface area (Å²) in [6.07, 6.45) is 6.28. The molecule has 1 fully saturated rings. The third-order valence-corrected chi connectivity index (χ3v) is 5.88. The lowest BCUT2D eigenvalue weighted by Crippen LogP contribution is -2.22. The minimum Gasteiger partial charge on any atom is -0.464 e. The Bertz CT molecular complexity index is 886. The minimum atomic E-state index is -0.544. The van der Waals surface area contributed by atoms with Gasteiger partial charge in [0.1, 0.15) is 0 Å². The first-order valence-corrected chi connectivity index (χ1v) is 10.6. The van der Waals surface area contributed by atoms with Crippen LogP contribution in [0.15, 0.2) is 28.6 Å². The number of nitrogens with zero attached hydrogens (tertiary/aromatic N) is 2. The Hall–Kier alpha value is -2.36. The number of benzene rings is 1. The number of thiazole rings is 1. The summed E-state index contributed by atoms with van der Waals surface area (Å²) in [4.78, 5) is 18.3. The molecular formula is C20H27N3O5S. The Balaban J connectivity index is 1.66. The summed E-state index contributed by atoms with van der Waals surface area (Å²) in [5.74, 6) is 0.333. The molecule has 3 rings (SSSR count). The average Bonchev–Trinajstić information content (AvgIpc) is 3.04. The van der Waals surface area contributed by atoms with Crippen LogP contribution in [-0.4, -0.2) is 40.3 Å². The highest BCUT2D eigenvalue weighted by molar-refractivity contribution is 7.07. The molecule has 1 aliphatic carbocycles. The van der Waals surface area contributed by atoms with E-state index in [9.17, 15) is 4.79 Å². The lowest BCUT2D eigenvalue weighted by Gasteiger charge is -2.16. The van der Waals surface area contributed by atoms with Crippen LogP contribution < -0.4 is 19.6 Å². The number of aromatic nitrogens is 1. The van der Waals surface area contributed by atoms with Gasteiger partial charge in [0.05, 0.1) is 12.5 Å².